The van der Waals surface area contributed by atoms with Gasteiger partial charge in [0.1, 0.15) is 24.7 Å². The molecule has 2 rings (SSSR count). The molecule has 0 aromatic heterocycles. The standard InChI is InChI=1S/C16H19NO2/c1-12-4-3-5-14(10-12)18-8-9-19-15-6-7-16(17)13(2)11-15/h3-7,10-11H,8-9,17H2,1-2H3. The predicted octanol–water partition coefficient (Wildman–Crippen LogP) is 3.34. The molecule has 3 nitrogen and oxygen atoms in total. The molecule has 19 heavy (non-hydrogen) atoms. The Morgan fingerprint density at radius 2 is 1.58 bits per heavy atom. The van der Waals surface area contributed by atoms with Crippen LogP contribution in [-0.2, 0) is 0 Å². The van der Waals surface area contributed by atoms with Crippen LogP contribution < -0.4 is 15.2 Å². The van der Waals surface area contributed by atoms with Gasteiger partial charge in [-0.25, -0.2) is 0 Å². The van der Waals surface area contributed by atoms with Gasteiger partial charge in [-0.15, -0.1) is 0 Å². The van der Waals surface area contributed by atoms with E-state index in [0.29, 0.717) is 13.2 Å². The van der Waals surface area contributed by atoms with E-state index in [1.807, 2.05) is 56.3 Å². The van der Waals surface area contributed by atoms with Crippen LogP contribution in [0.4, 0.5) is 5.69 Å². The quantitative estimate of drug-likeness (QED) is 0.660. The average Bonchev–Trinajstić information content (AvgIpc) is 2.39. The highest BCUT2D eigenvalue weighted by Gasteiger charge is 1.98. The molecule has 3 heteroatoms. The lowest BCUT2D eigenvalue weighted by Gasteiger charge is -2.10. The molecule has 0 saturated carbocycles. The number of hydrogen-bond donors (Lipinski definition) is 1. The second-order valence-electron chi connectivity index (χ2n) is 4.53. The summed E-state index contributed by atoms with van der Waals surface area (Å²) in [5, 5.41) is 0. The summed E-state index contributed by atoms with van der Waals surface area (Å²) < 4.78 is 11.2. The Morgan fingerprint density at radius 3 is 2.21 bits per heavy atom. The van der Waals surface area contributed by atoms with E-state index in [0.717, 1.165) is 22.7 Å². The Hall–Kier alpha value is -2.16. The molecular formula is C16H19NO2. The molecule has 0 unspecified atom stereocenters. The summed E-state index contributed by atoms with van der Waals surface area (Å²) in [7, 11) is 0. The number of rotatable bonds is 5. The van der Waals surface area contributed by atoms with Crippen molar-refractivity contribution in [3.8, 4) is 11.5 Å². The summed E-state index contributed by atoms with van der Waals surface area (Å²) in [6, 6.07) is 13.6. The average molecular weight is 257 g/mol. The van der Waals surface area contributed by atoms with Gasteiger partial charge < -0.3 is 15.2 Å². The zero-order valence-electron chi connectivity index (χ0n) is 11.3. The molecule has 2 N–H and O–H groups in total. The van der Waals surface area contributed by atoms with Gasteiger partial charge in [0.25, 0.3) is 0 Å². The summed E-state index contributed by atoms with van der Waals surface area (Å²) in [4.78, 5) is 0. The molecule has 0 aliphatic carbocycles. The third-order valence-corrected chi connectivity index (χ3v) is 2.85. The van der Waals surface area contributed by atoms with Gasteiger partial charge in [-0.05, 0) is 55.3 Å². The normalized spacial score (nSPS) is 10.2. The molecule has 0 atom stereocenters. The number of anilines is 1. The summed E-state index contributed by atoms with van der Waals surface area (Å²) in [5.41, 5.74) is 8.75. The minimum absolute atomic E-state index is 0.511. The minimum Gasteiger partial charge on any atom is -0.490 e. The Balaban J connectivity index is 1.79. The van der Waals surface area contributed by atoms with Crippen molar-refractivity contribution in [2.24, 2.45) is 0 Å². The number of benzene rings is 2. The molecule has 0 spiro atoms. The van der Waals surface area contributed by atoms with Crippen LogP contribution in [-0.4, -0.2) is 13.2 Å². The highest BCUT2D eigenvalue weighted by atomic mass is 16.5. The third kappa shape index (κ3) is 3.91. The van der Waals surface area contributed by atoms with Crippen molar-refractivity contribution in [1.29, 1.82) is 0 Å². The van der Waals surface area contributed by atoms with Gasteiger partial charge in [-0.1, -0.05) is 12.1 Å². The van der Waals surface area contributed by atoms with E-state index in [1.54, 1.807) is 0 Å². The van der Waals surface area contributed by atoms with Crippen molar-refractivity contribution in [3.05, 3.63) is 53.6 Å². The Morgan fingerprint density at radius 1 is 0.895 bits per heavy atom. The number of aryl methyl sites for hydroxylation is 2. The molecular weight excluding hydrogens is 238 g/mol. The largest absolute Gasteiger partial charge is 0.490 e. The lowest BCUT2D eigenvalue weighted by Crippen LogP contribution is -2.09. The third-order valence-electron chi connectivity index (χ3n) is 2.85. The summed E-state index contributed by atoms with van der Waals surface area (Å²) in [5.74, 6) is 1.69. The first-order valence-corrected chi connectivity index (χ1v) is 6.33. The summed E-state index contributed by atoms with van der Waals surface area (Å²) in [6.45, 7) is 5.04. The maximum absolute atomic E-state index is 5.75. The van der Waals surface area contributed by atoms with Crippen LogP contribution in [0.5, 0.6) is 11.5 Å². The van der Waals surface area contributed by atoms with Gasteiger partial charge in [0.15, 0.2) is 0 Å². The fourth-order valence-electron chi connectivity index (χ4n) is 1.76. The summed E-state index contributed by atoms with van der Waals surface area (Å²) >= 11 is 0. The van der Waals surface area contributed by atoms with Crippen LogP contribution in [0.25, 0.3) is 0 Å². The van der Waals surface area contributed by atoms with Crippen molar-refractivity contribution in [2.45, 2.75) is 13.8 Å². The van der Waals surface area contributed by atoms with Gasteiger partial charge in [0, 0.05) is 5.69 Å². The molecule has 0 aliphatic rings. The van der Waals surface area contributed by atoms with Gasteiger partial charge in [-0.2, -0.15) is 0 Å². The van der Waals surface area contributed by atoms with E-state index < -0.39 is 0 Å². The molecule has 0 heterocycles. The minimum atomic E-state index is 0.511. The molecule has 0 aliphatic heterocycles. The van der Waals surface area contributed by atoms with Crippen molar-refractivity contribution >= 4 is 5.69 Å². The first kappa shape index (κ1) is 13.3. The Labute approximate surface area is 114 Å². The van der Waals surface area contributed by atoms with E-state index in [9.17, 15) is 0 Å². The first-order chi connectivity index (χ1) is 9.15. The lowest BCUT2D eigenvalue weighted by atomic mass is 10.2. The van der Waals surface area contributed by atoms with Crippen LogP contribution >= 0.6 is 0 Å². The van der Waals surface area contributed by atoms with E-state index in [-0.39, 0.29) is 0 Å². The second-order valence-corrected chi connectivity index (χ2v) is 4.53. The van der Waals surface area contributed by atoms with Crippen molar-refractivity contribution in [3.63, 3.8) is 0 Å². The van der Waals surface area contributed by atoms with E-state index >= 15 is 0 Å². The van der Waals surface area contributed by atoms with Crippen molar-refractivity contribution < 1.29 is 9.47 Å². The molecule has 0 saturated heterocycles. The molecule has 2 aromatic carbocycles. The monoisotopic (exact) mass is 257 g/mol. The smallest absolute Gasteiger partial charge is 0.122 e. The number of nitrogens with two attached hydrogens (primary N) is 1. The Bertz CT molecular complexity index is 552. The van der Waals surface area contributed by atoms with Gasteiger partial charge in [0.05, 0.1) is 0 Å². The lowest BCUT2D eigenvalue weighted by molar-refractivity contribution is 0.217. The molecule has 2 aromatic rings. The molecule has 0 radical (unpaired) electrons. The molecule has 0 amide bonds. The number of nitrogen functional groups attached to an aromatic ring is 1. The fraction of sp³-hybridized carbons (Fsp3) is 0.250. The molecule has 100 valence electrons. The van der Waals surface area contributed by atoms with Crippen LogP contribution in [0, 0.1) is 13.8 Å². The van der Waals surface area contributed by atoms with Crippen LogP contribution in [0.15, 0.2) is 42.5 Å². The molecule has 0 bridgehead atoms. The predicted molar refractivity (Wildman–Crippen MR) is 77.8 cm³/mol. The zero-order valence-corrected chi connectivity index (χ0v) is 11.3. The zero-order chi connectivity index (χ0) is 13.7. The van der Waals surface area contributed by atoms with E-state index in [2.05, 4.69) is 0 Å². The van der Waals surface area contributed by atoms with E-state index in [1.165, 1.54) is 5.56 Å². The van der Waals surface area contributed by atoms with Crippen LogP contribution in [0.2, 0.25) is 0 Å². The number of hydrogen-bond acceptors (Lipinski definition) is 3. The highest BCUT2D eigenvalue weighted by molar-refractivity contribution is 5.49. The molecule has 0 fully saturated rings. The topological polar surface area (TPSA) is 44.5 Å². The van der Waals surface area contributed by atoms with Crippen LogP contribution in [0.1, 0.15) is 11.1 Å². The van der Waals surface area contributed by atoms with Gasteiger partial charge >= 0.3 is 0 Å². The Kier molecular flexibility index (Phi) is 4.29. The second kappa shape index (κ2) is 6.14. The number of ether oxygens (including phenoxy) is 2. The maximum atomic E-state index is 5.75. The van der Waals surface area contributed by atoms with Gasteiger partial charge in [-0.3, -0.25) is 0 Å². The first-order valence-electron chi connectivity index (χ1n) is 6.33. The van der Waals surface area contributed by atoms with Gasteiger partial charge in [0.2, 0.25) is 0 Å². The van der Waals surface area contributed by atoms with Crippen LogP contribution in [0.3, 0.4) is 0 Å². The highest BCUT2D eigenvalue weighted by Crippen LogP contribution is 2.18. The summed E-state index contributed by atoms with van der Waals surface area (Å²) in [6.07, 6.45) is 0. The maximum Gasteiger partial charge on any atom is 0.122 e. The van der Waals surface area contributed by atoms with E-state index in [4.69, 9.17) is 15.2 Å². The SMILES string of the molecule is Cc1cccc(OCCOc2ccc(N)c(C)c2)c1. The van der Waals surface area contributed by atoms with Crippen molar-refractivity contribution in [2.75, 3.05) is 18.9 Å². The fourth-order valence-corrected chi connectivity index (χ4v) is 1.76. The van der Waals surface area contributed by atoms with Crippen molar-refractivity contribution in [1.82, 2.24) is 0 Å².